The Labute approximate surface area is 203 Å². The number of benzene rings is 1. The highest BCUT2D eigenvalue weighted by Crippen LogP contribution is 2.60. The third-order valence-electron chi connectivity index (χ3n) is 8.21. The molecule has 1 N–H and O–H groups in total. The number of nitrogens with zero attached hydrogens (tertiary/aromatic N) is 3. The van der Waals surface area contributed by atoms with Crippen LogP contribution in [-0.4, -0.2) is 33.2 Å². The van der Waals surface area contributed by atoms with Crippen molar-refractivity contribution in [2.75, 3.05) is 11.9 Å². The normalized spacial score (nSPS) is 29.6. The van der Waals surface area contributed by atoms with Crippen molar-refractivity contribution in [2.24, 2.45) is 23.2 Å². The number of rotatable bonds is 3. The number of nitrogens with one attached hydrogen (secondary N) is 1. The summed E-state index contributed by atoms with van der Waals surface area (Å²) in [4.78, 5) is 37.1. The van der Waals surface area contributed by atoms with Crippen molar-refractivity contribution in [3.63, 3.8) is 0 Å². The minimum atomic E-state index is -0.225. The van der Waals surface area contributed by atoms with Crippen molar-refractivity contribution in [3.05, 3.63) is 51.4 Å². The van der Waals surface area contributed by atoms with Crippen molar-refractivity contribution >= 4 is 40.8 Å². The number of carbonyl (C=O) groups is 2. The van der Waals surface area contributed by atoms with Gasteiger partial charge in [0.25, 0.3) is 5.91 Å². The fraction of sp³-hybridized carbons (Fsp3) is 0.520. The van der Waals surface area contributed by atoms with Gasteiger partial charge in [-0.05, 0) is 80.9 Å². The van der Waals surface area contributed by atoms with Crippen molar-refractivity contribution in [2.45, 2.75) is 51.5 Å². The molecular weight excluding hydrogens is 459 g/mol. The molecule has 0 radical (unpaired) electrons. The number of carbonyl (C=O) groups excluding carboxylic acids is 2. The molecule has 6 nitrogen and oxygen atoms in total. The lowest BCUT2D eigenvalue weighted by Gasteiger charge is -2.55. The smallest absolute Gasteiger partial charge is 0.254 e. The molecule has 172 valence electrons. The topological polar surface area (TPSA) is 75.2 Å². The largest absolute Gasteiger partial charge is 0.332 e. The van der Waals surface area contributed by atoms with E-state index in [9.17, 15) is 9.59 Å². The molecule has 1 aliphatic heterocycles. The molecule has 5 aliphatic rings. The number of amides is 2. The third kappa shape index (κ3) is 3.71. The van der Waals surface area contributed by atoms with E-state index in [-0.39, 0.29) is 17.2 Å². The predicted octanol–water partition coefficient (Wildman–Crippen LogP) is 5.14. The van der Waals surface area contributed by atoms with Crippen LogP contribution in [0.1, 0.15) is 60.1 Å². The Balaban J connectivity index is 1.20. The summed E-state index contributed by atoms with van der Waals surface area (Å²) < 4.78 is 0. The van der Waals surface area contributed by atoms with Gasteiger partial charge < -0.3 is 10.2 Å². The molecule has 8 heteroatoms. The van der Waals surface area contributed by atoms with Gasteiger partial charge in [-0.1, -0.05) is 23.2 Å². The highest BCUT2D eigenvalue weighted by molar-refractivity contribution is 6.42. The average molecular weight is 485 g/mol. The molecule has 0 saturated heterocycles. The van der Waals surface area contributed by atoms with Crippen LogP contribution in [0.25, 0.3) is 0 Å². The van der Waals surface area contributed by atoms with E-state index in [1.807, 2.05) is 0 Å². The highest BCUT2D eigenvalue weighted by Gasteiger charge is 2.54. The molecule has 2 heterocycles. The summed E-state index contributed by atoms with van der Waals surface area (Å²) in [6.07, 6.45) is 9.05. The highest BCUT2D eigenvalue weighted by atomic mass is 35.5. The van der Waals surface area contributed by atoms with Gasteiger partial charge in [-0.2, -0.15) is 0 Å². The van der Waals surface area contributed by atoms with Crippen molar-refractivity contribution in [3.8, 4) is 0 Å². The Morgan fingerprint density at radius 1 is 1.00 bits per heavy atom. The molecule has 1 aromatic carbocycles. The van der Waals surface area contributed by atoms with Crippen LogP contribution in [0.5, 0.6) is 0 Å². The zero-order valence-electron chi connectivity index (χ0n) is 18.3. The van der Waals surface area contributed by atoms with Crippen LogP contribution in [0, 0.1) is 23.2 Å². The average Bonchev–Trinajstić information content (AvgIpc) is 2.79. The Bertz CT molecular complexity index is 1120. The molecule has 0 spiro atoms. The molecule has 4 bridgehead atoms. The zero-order valence-corrected chi connectivity index (χ0v) is 19.8. The summed E-state index contributed by atoms with van der Waals surface area (Å²) in [6, 6.07) is 4.91. The van der Waals surface area contributed by atoms with Gasteiger partial charge in [0.2, 0.25) is 5.91 Å². The van der Waals surface area contributed by atoms with Crippen LogP contribution in [0.2, 0.25) is 10.0 Å². The van der Waals surface area contributed by atoms with E-state index in [0.717, 1.165) is 30.5 Å². The number of halogens is 2. The van der Waals surface area contributed by atoms with E-state index in [1.165, 1.54) is 25.6 Å². The first-order valence-corrected chi connectivity index (χ1v) is 12.5. The second-order valence-corrected chi connectivity index (χ2v) is 11.2. The minimum absolute atomic E-state index is 0.114. The maximum atomic E-state index is 13.5. The van der Waals surface area contributed by atoms with Crippen LogP contribution in [0.3, 0.4) is 0 Å². The lowest BCUT2D eigenvalue weighted by atomic mass is 9.49. The monoisotopic (exact) mass is 484 g/mol. The molecule has 33 heavy (non-hydrogen) atoms. The fourth-order valence-electron chi connectivity index (χ4n) is 7.08. The molecule has 2 aromatic rings. The van der Waals surface area contributed by atoms with Gasteiger partial charge in [-0.15, -0.1) is 0 Å². The number of hydrogen-bond acceptors (Lipinski definition) is 4. The predicted molar refractivity (Wildman–Crippen MR) is 126 cm³/mol. The summed E-state index contributed by atoms with van der Waals surface area (Å²) in [7, 11) is 0. The van der Waals surface area contributed by atoms with Gasteiger partial charge in [0, 0.05) is 17.7 Å². The molecule has 1 aromatic heterocycles. The van der Waals surface area contributed by atoms with Crippen molar-refractivity contribution < 1.29 is 9.59 Å². The molecule has 4 aliphatic carbocycles. The first kappa shape index (κ1) is 21.4. The van der Waals surface area contributed by atoms with Gasteiger partial charge in [0.15, 0.2) is 0 Å². The Morgan fingerprint density at radius 2 is 1.70 bits per heavy atom. The van der Waals surface area contributed by atoms with Gasteiger partial charge in [0.1, 0.15) is 12.1 Å². The number of fused-ring (bicyclic) bond motifs is 1. The number of anilines is 1. The van der Waals surface area contributed by atoms with Crippen LogP contribution in [0.4, 0.5) is 5.82 Å². The Morgan fingerprint density at radius 3 is 2.36 bits per heavy atom. The molecule has 7 rings (SSSR count). The van der Waals surface area contributed by atoms with Crippen LogP contribution in [-0.2, 0) is 17.8 Å². The Hall–Kier alpha value is -2.18. The van der Waals surface area contributed by atoms with E-state index in [4.69, 9.17) is 23.2 Å². The van der Waals surface area contributed by atoms with E-state index < -0.39 is 0 Å². The van der Waals surface area contributed by atoms with E-state index in [2.05, 4.69) is 15.3 Å². The molecule has 4 fully saturated rings. The second-order valence-electron chi connectivity index (χ2n) is 10.4. The summed E-state index contributed by atoms with van der Waals surface area (Å²) in [6.45, 7) is 0.900. The zero-order chi connectivity index (χ0) is 22.7. The first-order valence-electron chi connectivity index (χ1n) is 11.8. The summed E-state index contributed by atoms with van der Waals surface area (Å²) in [5.74, 6) is 2.77. The maximum Gasteiger partial charge on any atom is 0.254 e. The summed E-state index contributed by atoms with van der Waals surface area (Å²) in [5.41, 5.74) is 1.99. The van der Waals surface area contributed by atoms with Crippen LogP contribution in [0.15, 0.2) is 24.5 Å². The molecule has 4 saturated carbocycles. The molecular formula is C25H26Cl2N4O2. The lowest BCUT2D eigenvalue weighted by molar-refractivity contribution is -0.140. The van der Waals surface area contributed by atoms with Gasteiger partial charge in [-0.3, -0.25) is 9.59 Å². The SMILES string of the molecule is O=C(c1ccc(Cl)c(Cl)c1)N1CCc2c(ncnc2NC(=O)C23CC4CC(CC(C4)C2)C3)C1. The number of hydrogen-bond donors (Lipinski definition) is 1. The Kier molecular flexibility index (Phi) is 5.15. The summed E-state index contributed by atoms with van der Waals surface area (Å²) >= 11 is 12.1. The molecule has 2 amide bonds. The first-order chi connectivity index (χ1) is 15.9. The van der Waals surface area contributed by atoms with E-state index in [1.54, 1.807) is 23.1 Å². The number of aromatic nitrogens is 2. The van der Waals surface area contributed by atoms with Gasteiger partial charge in [0.05, 0.1) is 27.7 Å². The maximum absolute atomic E-state index is 13.5. The van der Waals surface area contributed by atoms with Gasteiger partial charge in [-0.25, -0.2) is 9.97 Å². The standard InChI is InChI=1S/C25H26Cl2N4O2/c26-19-2-1-17(8-20(19)27)23(32)31-4-3-18-21(12-31)28-13-29-22(18)30-24(33)25-9-14-5-15(10-25)7-16(6-14)11-25/h1-2,8,13-16H,3-7,9-12H2,(H,28,29,30,33). The fourth-order valence-corrected chi connectivity index (χ4v) is 7.37. The minimum Gasteiger partial charge on any atom is -0.332 e. The van der Waals surface area contributed by atoms with Crippen LogP contribution < -0.4 is 5.32 Å². The molecule has 0 unspecified atom stereocenters. The van der Waals surface area contributed by atoms with Crippen molar-refractivity contribution in [1.82, 2.24) is 14.9 Å². The van der Waals surface area contributed by atoms with E-state index in [0.29, 0.717) is 58.7 Å². The quantitative estimate of drug-likeness (QED) is 0.654. The second kappa shape index (κ2) is 7.95. The van der Waals surface area contributed by atoms with Crippen molar-refractivity contribution in [1.29, 1.82) is 0 Å². The summed E-state index contributed by atoms with van der Waals surface area (Å²) in [5, 5.41) is 3.97. The van der Waals surface area contributed by atoms with Gasteiger partial charge >= 0.3 is 0 Å². The van der Waals surface area contributed by atoms with Crippen LogP contribution >= 0.6 is 23.2 Å². The van der Waals surface area contributed by atoms with E-state index >= 15 is 0 Å². The lowest BCUT2D eigenvalue weighted by Crippen LogP contribution is -2.52. The molecule has 0 atom stereocenters. The third-order valence-corrected chi connectivity index (χ3v) is 8.95.